The molecule has 1 aliphatic rings. The van der Waals surface area contributed by atoms with Crippen molar-refractivity contribution in [2.24, 2.45) is 11.7 Å². The van der Waals surface area contributed by atoms with Crippen LogP contribution in [-0.2, 0) is 11.2 Å². The lowest BCUT2D eigenvalue weighted by atomic mass is 10.1. The Kier molecular flexibility index (Phi) is 5.13. The number of carbonyl (C=O) groups excluding carboxylic acids is 1. The molecule has 7 heteroatoms. The minimum Gasteiger partial charge on any atom is -0.340 e. The largest absolute Gasteiger partial charge is 0.340 e. The molecule has 1 amide bonds. The quantitative estimate of drug-likeness (QED) is 0.898. The predicted molar refractivity (Wildman–Crippen MR) is 91.1 cm³/mol. The zero-order valence-corrected chi connectivity index (χ0v) is 14.5. The van der Waals surface area contributed by atoms with Crippen molar-refractivity contribution in [3.63, 3.8) is 0 Å². The molecular weight excluding hydrogens is 323 g/mol. The highest BCUT2D eigenvalue weighted by molar-refractivity contribution is 5.77. The van der Waals surface area contributed by atoms with Gasteiger partial charge in [-0.25, -0.2) is 4.39 Å². The first kappa shape index (κ1) is 17.5. The van der Waals surface area contributed by atoms with E-state index in [0.717, 1.165) is 6.42 Å². The van der Waals surface area contributed by atoms with Gasteiger partial charge in [-0.1, -0.05) is 17.3 Å². The van der Waals surface area contributed by atoms with E-state index in [9.17, 15) is 9.18 Å². The maximum Gasteiger partial charge on any atom is 0.227 e. The van der Waals surface area contributed by atoms with Gasteiger partial charge in [-0.05, 0) is 44.4 Å². The third-order valence-corrected chi connectivity index (χ3v) is 4.77. The molecule has 2 unspecified atom stereocenters. The highest BCUT2D eigenvalue weighted by Crippen LogP contribution is 2.23. The van der Waals surface area contributed by atoms with E-state index in [1.54, 1.807) is 19.1 Å². The highest BCUT2D eigenvalue weighted by Gasteiger charge is 2.31. The zero-order chi connectivity index (χ0) is 18.0. The summed E-state index contributed by atoms with van der Waals surface area (Å²) in [7, 11) is 0. The van der Waals surface area contributed by atoms with Gasteiger partial charge in [0.1, 0.15) is 5.82 Å². The fourth-order valence-electron chi connectivity index (χ4n) is 3.22. The van der Waals surface area contributed by atoms with Crippen LogP contribution in [0.15, 0.2) is 22.7 Å². The third-order valence-electron chi connectivity index (χ3n) is 4.77. The van der Waals surface area contributed by atoms with E-state index >= 15 is 0 Å². The summed E-state index contributed by atoms with van der Waals surface area (Å²) in [5.74, 6) is 0.858. The van der Waals surface area contributed by atoms with E-state index in [0.29, 0.717) is 54.7 Å². The van der Waals surface area contributed by atoms with Crippen LogP contribution in [-0.4, -0.2) is 40.1 Å². The Bertz CT molecular complexity index is 761. The van der Waals surface area contributed by atoms with Gasteiger partial charge in [-0.3, -0.25) is 4.79 Å². The molecule has 2 aromatic rings. The van der Waals surface area contributed by atoms with Gasteiger partial charge < -0.3 is 15.2 Å². The van der Waals surface area contributed by atoms with Crippen molar-refractivity contribution in [3.8, 4) is 11.4 Å². The number of hydrogen-bond donors (Lipinski definition) is 1. The first-order valence-electron chi connectivity index (χ1n) is 8.56. The van der Waals surface area contributed by atoms with Crippen LogP contribution in [0.4, 0.5) is 4.39 Å². The van der Waals surface area contributed by atoms with Crippen LogP contribution in [0.5, 0.6) is 0 Å². The molecule has 3 rings (SSSR count). The lowest BCUT2D eigenvalue weighted by Gasteiger charge is -2.21. The van der Waals surface area contributed by atoms with Crippen molar-refractivity contribution in [2.75, 3.05) is 13.1 Å². The van der Waals surface area contributed by atoms with Crippen LogP contribution in [0.3, 0.4) is 0 Å². The van der Waals surface area contributed by atoms with E-state index in [1.807, 2.05) is 11.8 Å². The highest BCUT2D eigenvalue weighted by atomic mass is 19.1. The number of aromatic nitrogens is 2. The smallest absolute Gasteiger partial charge is 0.227 e. The van der Waals surface area contributed by atoms with E-state index in [4.69, 9.17) is 10.3 Å². The monoisotopic (exact) mass is 346 g/mol. The molecule has 0 bridgehead atoms. The zero-order valence-electron chi connectivity index (χ0n) is 14.5. The number of hydrogen-bond acceptors (Lipinski definition) is 5. The molecule has 0 saturated carbocycles. The molecular formula is C18H23FN4O2. The van der Waals surface area contributed by atoms with Gasteiger partial charge in [-0.15, -0.1) is 0 Å². The van der Waals surface area contributed by atoms with Crippen molar-refractivity contribution in [2.45, 2.75) is 39.2 Å². The Morgan fingerprint density at radius 3 is 2.96 bits per heavy atom. The first-order chi connectivity index (χ1) is 12.0. The van der Waals surface area contributed by atoms with Crippen molar-refractivity contribution < 1.29 is 13.7 Å². The van der Waals surface area contributed by atoms with E-state index < -0.39 is 0 Å². The fraction of sp³-hybridized carbons (Fsp3) is 0.500. The molecule has 25 heavy (non-hydrogen) atoms. The van der Waals surface area contributed by atoms with Gasteiger partial charge >= 0.3 is 0 Å². The number of aryl methyl sites for hydroxylation is 2. The number of likely N-dealkylation sites (tertiary alicyclic amines) is 1. The van der Waals surface area contributed by atoms with Gasteiger partial charge in [0.2, 0.25) is 17.6 Å². The summed E-state index contributed by atoms with van der Waals surface area (Å²) in [6, 6.07) is 5.02. The number of carbonyl (C=O) groups is 1. The lowest BCUT2D eigenvalue weighted by Crippen LogP contribution is -2.34. The number of benzene rings is 1. The number of amides is 1. The Labute approximate surface area is 146 Å². The molecule has 2 atom stereocenters. The van der Waals surface area contributed by atoms with E-state index in [-0.39, 0.29) is 17.8 Å². The molecule has 1 aromatic heterocycles. The molecule has 0 aliphatic carbocycles. The van der Waals surface area contributed by atoms with Gasteiger partial charge in [0, 0.05) is 31.0 Å². The molecule has 134 valence electrons. The Morgan fingerprint density at radius 1 is 1.48 bits per heavy atom. The minimum atomic E-state index is -0.309. The van der Waals surface area contributed by atoms with Gasteiger partial charge in [0.15, 0.2) is 0 Å². The van der Waals surface area contributed by atoms with Gasteiger partial charge in [-0.2, -0.15) is 4.98 Å². The second-order valence-corrected chi connectivity index (χ2v) is 6.71. The summed E-state index contributed by atoms with van der Waals surface area (Å²) in [6.07, 6.45) is 1.63. The molecule has 1 fully saturated rings. The fourth-order valence-corrected chi connectivity index (χ4v) is 3.22. The average Bonchev–Trinajstić information content (AvgIpc) is 3.21. The predicted octanol–water partition coefficient (Wildman–Crippen LogP) is 2.31. The van der Waals surface area contributed by atoms with Crippen molar-refractivity contribution in [1.29, 1.82) is 0 Å². The molecule has 1 aromatic carbocycles. The third kappa shape index (κ3) is 3.87. The summed E-state index contributed by atoms with van der Waals surface area (Å²) in [4.78, 5) is 18.5. The number of nitrogens with zero attached hydrogens (tertiary/aromatic N) is 3. The Balaban J connectivity index is 1.60. The number of rotatable bonds is 5. The SMILES string of the molecule is Cc1ccc(-c2noc(CCC(=O)N3CC(CN)CC3C)n2)cc1F. The maximum absolute atomic E-state index is 13.7. The normalized spacial score (nSPS) is 20.2. The van der Waals surface area contributed by atoms with Crippen LogP contribution in [0.25, 0.3) is 11.4 Å². The standard InChI is InChI=1S/C18H23FN4O2/c1-11-3-4-14(8-15(11)19)18-21-16(25-22-18)5-6-17(24)23-10-13(9-20)7-12(23)2/h3-4,8,12-13H,5-7,9-10,20H2,1-2H3. The first-order valence-corrected chi connectivity index (χ1v) is 8.56. The second kappa shape index (κ2) is 7.31. The minimum absolute atomic E-state index is 0.0737. The molecule has 0 radical (unpaired) electrons. The van der Waals surface area contributed by atoms with Gasteiger partial charge in [0.25, 0.3) is 0 Å². The van der Waals surface area contributed by atoms with E-state index in [1.165, 1.54) is 6.07 Å². The second-order valence-electron chi connectivity index (χ2n) is 6.71. The molecule has 6 nitrogen and oxygen atoms in total. The van der Waals surface area contributed by atoms with Crippen LogP contribution in [0, 0.1) is 18.7 Å². The van der Waals surface area contributed by atoms with Crippen LogP contribution in [0.2, 0.25) is 0 Å². The molecule has 0 spiro atoms. The maximum atomic E-state index is 13.7. The van der Waals surface area contributed by atoms with Gasteiger partial charge in [0.05, 0.1) is 0 Å². The summed E-state index contributed by atoms with van der Waals surface area (Å²) in [6.45, 7) is 5.06. The van der Waals surface area contributed by atoms with Crippen molar-refractivity contribution >= 4 is 5.91 Å². The van der Waals surface area contributed by atoms with Crippen LogP contribution in [0.1, 0.15) is 31.2 Å². The summed E-state index contributed by atoms with van der Waals surface area (Å²) >= 11 is 0. The van der Waals surface area contributed by atoms with Crippen molar-refractivity contribution in [3.05, 3.63) is 35.5 Å². The van der Waals surface area contributed by atoms with Crippen molar-refractivity contribution in [1.82, 2.24) is 15.0 Å². The Morgan fingerprint density at radius 2 is 2.28 bits per heavy atom. The molecule has 2 heterocycles. The molecule has 2 N–H and O–H groups in total. The van der Waals surface area contributed by atoms with Crippen LogP contribution < -0.4 is 5.73 Å². The van der Waals surface area contributed by atoms with Crippen LogP contribution >= 0.6 is 0 Å². The number of halogens is 1. The summed E-state index contributed by atoms with van der Waals surface area (Å²) < 4.78 is 18.8. The molecule has 1 saturated heterocycles. The lowest BCUT2D eigenvalue weighted by molar-refractivity contribution is -0.131. The van der Waals surface area contributed by atoms with E-state index in [2.05, 4.69) is 10.1 Å². The summed E-state index contributed by atoms with van der Waals surface area (Å²) in [5, 5.41) is 3.88. The summed E-state index contributed by atoms with van der Waals surface area (Å²) in [5.41, 5.74) is 6.83. The average molecular weight is 346 g/mol. The number of nitrogens with two attached hydrogens (primary N) is 1. The topological polar surface area (TPSA) is 85.2 Å². The molecule has 1 aliphatic heterocycles. The Hall–Kier alpha value is -2.28.